The van der Waals surface area contributed by atoms with Crippen molar-refractivity contribution in [3.63, 3.8) is 0 Å². The van der Waals surface area contributed by atoms with Crippen molar-refractivity contribution in [3.05, 3.63) is 68.2 Å². The molecule has 2 aromatic rings. The Bertz CT molecular complexity index is 899. The van der Waals surface area contributed by atoms with Crippen LogP contribution in [-0.2, 0) is 5.75 Å². The average Bonchev–Trinajstić information content (AvgIpc) is 2.56. The first-order valence-electron chi connectivity index (χ1n) is 7.41. The maximum Gasteiger partial charge on any atom is 0.114 e. The predicted octanol–water partition coefficient (Wildman–Crippen LogP) is 6.10. The zero-order chi connectivity index (χ0) is 18.6. The molecule has 0 aliphatic heterocycles. The molecule has 0 bridgehead atoms. The minimum atomic E-state index is 0.102. The molecule has 128 valence electrons. The highest BCUT2D eigenvalue weighted by atomic mass is 35.5. The van der Waals surface area contributed by atoms with Gasteiger partial charge in [-0.1, -0.05) is 53.1 Å². The monoisotopic (exact) mass is 406 g/mol. The first-order valence-corrected chi connectivity index (χ1v) is 9.56. The van der Waals surface area contributed by atoms with Crippen molar-refractivity contribution in [2.75, 3.05) is 0 Å². The number of nitriles is 1. The van der Waals surface area contributed by atoms with Crippen LogP contribution in [0.3, 0.4) is 0 Å². The summed E-state index contributed by atoms with van der Waals surface area (Å²) < 4.78 is 0. The van der Waals surface area contributed by atoms with Crippen LogP contribution in [-0.4, -0.2) is 4.99 Å². The molecule has 2 nitrogen and oxygen atoms in total. The van der Waals surface area contributed by atoms with E-state index in [2.05, 4.69) is 6.07 Å². The molecule has 2 aromatic carbocycles. The molecule has 0 fully saturated rings. The highest BCUT2D eigenvalue weighted by molar-refractivity contribution is 7.98. The molecule has 0 aliphatic rings. The van der Waals surface area contributed by atoms with Gasteiger partial charge >= 0.3 is 0 Å². The summed E-state index contributed by atoms with van der Waals surface area (Å²) in [5, 5.41) is 10.5. The quantitative estimate of drug-likeness (QED) is 0.282. The summed E-state index contributed by atoms with van der Waals surface area (Å²) in [6, 6.07) is 11.6. The molecule has 0 amide bonds. The Morgan fingerprint density at radius 3 is 2.64 bits per heavy atom. The maximum absolute atomic E-state index is 9.18. The van der Waals surface area contributed by atoms with E-state index in [1.807, 2.05) is 32.0 Å². The summed E-state index contributed by atoms with van der Waals surface area (Å²) in [5.41, 5.74) is 10.2. The van der Waals surface area contributed by atoms with E-state index >= 15 is 0 Å². The number of aryl methyl sites for hydroxylation is 1. The lowest BCUT2D eigenvalue weighted by Crippen LogP contribution is -2.10. The Morgan fingerprint density at radius 1 is 1.28 bits per heavy atom. The van der Waals surface area contributed by atoms with Crippen LogP contribution in [0.4, 0.5) is 0 Å². The van der Waals surface area contributed by atoms with Crippen molar-refractivity contribution in [1.82, 2.24) is 0 Å². The molecule has 0 radical (unpaired) electrons. The fraction of sp³-hybridized carbons (Fsp3) is 0.158. The van der Waals surface area contributed by atoms with Gasteiger partial charge in [0.05, 0.1) is 10.6 Å². The summed E-state index contributed by atoms with van der Waals surface area (Å²) in [7, 11) is 0. The third-order valence-electron chi connectivity index (χ3n) is 3.66. The first-order chi connectivity index (χ1) is 11.8. The minimum absolute atomic E-state index is 0.102. The summed E-state index contributed by atoms with van der Waals surface area (Å²) in [4.78, 5) is 1.04. The van der Waals surface area contributed by atoms with Gasteiger partial charge in [0.25, 0.3) is 0 Å². The molecular formula is C19H16Cl2N2S2. The summed E-state index contributed by atoms with van der Waals surface area (Å²) in [5.74, 6) is 0.739. The van der Waals surface area contributed by atoms with E-state index in [1.165, 1.54) is 0 Å². The van der Waals surface area contributed by atoms with Gasteiger partial charge in [-0.05, 0) is 54.8 Å². The predicted molar refractivity (Wildman–Crippen MR) is 112 cm³/mol. The second-order valence-electron chi connectivity index (χ2n) is 5.54. The molecule has 2 N–H and O–H groups in total. The Hall–Kier alpha value is -1.51. The van der Waals surface area contributed by atoms with Crippen molar-refractivity contribution in [2.45, 2.75) is 24.5 Å². The van der Waals surface area contributed by atoms with E-state index in [0.29, 0.717) is 15.6 Å². The molecule has 0 unspecified atom stereocenters. The van der Waals surface area contributed by atoms with Crippen LogP contribution in [0, 0.1) is 25.2 Å². The average molecular weight is 407 g/mol. The number of nitrogens with two attached hydrogens (primary N) is 1. The van der Waals surface area contributed by atoms with Gasteiger partial charge in [0, 0.05) is 15.7 Å². The lowest BCUT2D eigenvalue weighted by Gasteiger charge is -2.12. The smallest absolute Gasteiger partial charge is 0.114 e. The van der Waals surface area contributed by atoms with Crippen molar-refractivity contribution >= 4 is 58.2 Å². The molecule has 0 saturated carbocycles. The fourth-order valence-electron chi connectivity index (χ4n) is 2.32. The van der Waals surface area contributed by atoms with Crippen LogP contribution in [0.2, 0.25) is 10.0 Å². The van der Waals surface area contributed by atoms with E-state index in [9.17, 15) is 5.26 Å². The number of nitrogens with zero attached hydrogens (tertiary/aromatic N) is 1. The van der Waals surface area contributed by atoms with Crippen LogP contribution in [0.5, 0.6) is 0 Å². The van der Waals surface area contributed by atoms with Gasteiger partial charge in [0.2, 0.25) is 0 Å². The van der Waals surface area contributed by atoms with Gasteiger partial charge in [-0.25, -0.2) is 0 Å². The molecule has 2 rings (SSSR count). The lowest BCUT2D eigenvalue weighted by atomic mass is 9.98. The van der Waals surface area contributed by atoms with Crippen molar-refractivity contribution in [3.8, 4) is 6.07 Å². The molecule has 0 aromatic heterocycles. The van der Waals surface area contributed by atoms with Gasteiger partial charge in [0.15, 0.2) is 0 Å². The molecule has 6 heteroatoms. The van der Waals surface area contributed by atoms with E-state index in [0.717, 1.165) is 32.9 Å². The van der Waals surface area contributed by atoms with Crippen molar-refractivity contribution in [1.29, 1.82) is 5.26 Å². The van der Waals surface area contributed by atoms with E-state index in [1.54, 1.807) is 30.0 Å². The highest BCUT2D eigenvalue weighted by Gasteiger charge is 2.09. The Kier molecular flexibility index (Phi) is 6.92. The third kappa shape index (κ3) is 5.23. The Labute approximate surface area is 167 Å². The number of hydrogen-bond donors (Lipinski definition) is 1. The zero-order valence-electron chi connectivity index (χ0n) is 13.8. The Morgan fingerprint density at radius 2 is 2.00 bits per heavy atom. The lowest BCUT2D eigenvalue weighted by molar-refractivity contribution is 1.25. The first kappa shape index (κ1) is 19.8. The van der Waals surface area contributed by atoms with Gasteiger partial charge in [-0.3, -0.25) is 0 Å². The van der Waals surface area contributed by atoms with E-state index in [-0.39, 0.29) is 4.99 Å². The number of thiocarbonyl (C=S) groups is 1. The summed E-state index contributed by atoms with van der Waals surface area (Å²) in [6.45, 7) is 4.04. The standard InChI is InChI=1S/C19H16Cl2N2S2/c1-11-5-13(7-14(9-22)19(23)24)12(2)15(6-11)10-25-18-8-16(20)3-4-17(18)21/h3-8H,10H2,1-2H3,(H2,23,24). The maximum atomic E-state index is 9.18. The van der Waals surface area contributed by atoms with Gasteiger partial charge < -0.3 is 5.73 Å². The van der Waals surface area contributed by atoms with Gasteiger partial charge in [-0.15, -0.1) is 11.8 Å². The van der Waals surface area contributed by atoms with Crippen LogP contribution in [0.15, 0.2) is 40.8 Å². The number of thioether (sulfide) groups is 1. The second kappa shape index (κ2) is 8.73. The number of benzene rings is 2. The Balaban J connectivity index is 2.35. The fourth-order valence-corrected chi connectivity index (χ4v) is 3.97. The van der Waals surface area contributed by atoms with E-state index < -0.39 is 0 Å². The summed E-state index contributed by atoms with van der Waals surface area (Å²) >= 11 is 18.8. The number of rotatable bonds is 5. The van der Waals surface area contributed by atoms with Crippen molar-refractivity contribution < 1.29 is 0 Å². The number of halogens is 2. The molecule has 0 saturated heterocycles. The second-order valence-corrected chi connectivity index (χ2v) is 7.84. The normalized spacial score (nSPS) is 11.2. The SMILES string of the molecule is Cc1cc(C=C(C#N)C(N)=S)c(C)c(CSc2cc(Cl)ccc2Cl)c1. The molecule has 0 spiro atoms. The van der Waals surface area contributed by atoms with Gasteiger partial charge in [-0.2, -0.15) is 5.26 Å². The highest BCUT2D eigenvalue weighted by Crippen LogP contribution is 2.33. The van der Waals surface area contributed by atoms with E-state index in [4.69, 9.17) is 41.2 Å². The van der Waals surface area contributed by atoms with Crippen molar-refractivity contribution in [2.24, 2.45) is 5.73 Å². The molecule has 25 heavy (non-hydrogen) atoms. The van der Waals surface area contributed by atoms with Gasteiger partial charge in [0.1, 0.15) is 11.1 Å². The number of hydrogen-bond acceptors (Lipinski definition) is 3. The van der Waals surface area contributed by atoms with Crippen LogP contribution < -0.4 is 5.73 Å². The van der Waals surface area contributed by atoms with Crippen LogP contribution in [0.25, 0.3) is 6.08 Å². The molecule has 0 aliphatic carbocycles. The molecule has 0 heterocycles. The molecule has 0 atom stereocenters. The largest absolute Gasteiger partial charge is 0.389 e. The third-order valence-corrected chi connectivity index (χ3v) is 5.66. The minimum Gasteiger partial charge on any atom is -0.389 e. The molecular weight excluding hydrogens is 391 g/mol. The van der Waals surface area contributed by atoms with Crippen LogP contribution >= 0.6 is 47.2 Å². The summed E-state index contributed by atoms with van der Waals surface area (Å²) in [6.07, 6.45) is 1.74. The topological polar surface area (TPSA) is 49.8 Å². The van der Waals surface area contributed by atoms with Crippen LogP contribution in [0.1, 0.15) is 22.3 Å². The zero-order valence-corrected chi connectivity index (χ0v) is 16.9.